The van der Waals surface area contributed by atoms with Crippen molar-refractivity contribution in [3.63, 3.8) is 0 Å². The van der Waals surface area contributed by atoms with Crippen LogP contribution >= 0.6 is 24.8 Å². The highest BCUT2D eigenvalue weighted by molar-refractivity contribution is 5.85. The summed E-state index contributed by atoms with van der Waals surface area (Å²) in [5, 5.41) is 3.33. The first-order chi connectivity index (χ1) is 9.89. The van der Waals surface area contributed by atoms with Crippen LogP contribution in [0.5, 0.6) is 5.75 Å². The molecule has 1 heterocycles. The molecule has 23 heavy (non-hydrogen) atoms. The summed E-state index contributed by atoms with van der Waals surface area (Å²) in [6.07, 6.45) is 0. The summed E-state index contributed by atoms with van der Waals surface area (Å²) in [6.45, 7) is 7.27. The molecule has 2 rings (SSSR count). The lowest BCUT2D eigenvalue weighted by atomic mass is 9.80. The molecule has 3 nitrogen and oxygen atoms in total. The number of alkyl halides is 2. The SMILES string of the molecule is CC(C)(C)[C@@H](c1ccccc1OC(F)F)N1CCNCC1.Cl.Cl. The van der Waals surface area contributed by atoms with Crippen LogP contribution in [0.1, 0.15) is 32.4 Å². The highest BCUT2D eigenvalue weighted by Gasteiger charge is 2.34. The van der Waals surface area contributed by atoms with E-state index in [9.17, 15) is 8.78 Å². The Morgan fingerprint density at radius 2 is 1.65 bits per heavy atom. The molecule has 1 aromatic carbocycles. The maximum Gasteiger partial charge on any atom is 0.387 e. The van der Waals surface area contributed by atoms with E-state index in [1.165, 1.54) is 0 Å². The molecule has 134 valence electrons. The molecule has 0 saturated carbocycles. The molecule has 0 spiro atoms. The van der Waals surface area contributed by atoms with Crippen molar-refractivity contribution in [2.75, 3.05) is 26.2 Å². The number of nitrogens with zero attached hydrogens (tertiary/aromatic N) is 1. The van der Waals surface area contributed by atoms with Crippen molar-refractivity contribution in [1.82, 2.24) is 10.2 Å². The van der Waals surface area contributed by atoms with Gasteiger partial charge in [-0.1, -0.05) is 39.0 Å². The molecule has 1 atom stereocenters. The van der Waals surface area contributed by atoms with Gasteiger partial charge in [0.15, 0.2) is 0 Å². The number of hydrogen-bond donors (Lipinski definition) is 1. The van der Waals surface area contributed by atoms with Gasteiger partial charge in [-0.05, 0) is 11.5 Å². The van der Waals surface area contributed by atoms with E-state index in [2.05, 4.69) is 31.0 Å². The highest BCUT2D eigenvalue weighted by Crippen LogP contribution is 2.42. The summed E-state index contributed by atoms with van der Waals surface area (Å²) >= 11 is 0. The number of para-hydroxylation sites is 1. The second-order valence-electron chi connectivity index (χ2n) is 6.47. The summed E-state index contributed by atoms with van der Waals surface area (Å²) < 4.78 is 30.1. The molecule has 1 aliphatic rings. The monoisotopic (exact) mass is 370 g/mol. The number of benzene rings is 1. The zero-order valence-corrected chi connectivity index (χ0v) is 15.4. The van der Waals surface area contributed by atoms with Gasteiger partial charge in [-0.3, -0.25) is 4.90 Å². The average molecular weight is 371 g/mol. The Labute approximate surface area is 149 Å². The third kappa shape index (κ3) is 6.07. The average Bonchev–Trinajstić information content (AvgIpc) is 2.40. The number of nitrogens with one attached hydrogen (secondary N) is 1. The lowest BCUT2D eigenvalue weighted by Crippen LogP contribution is -2.48. The summed E-state index contributed by atoms with van der Waals surface area (Å²) in [6, 6.07) is 7.19. The molecule has 1 fully saturated rings. The molecule has 1 aliphatic heterocycles. The van der Waals surface area contributed by atoms with E-state index in [-0.39, 0.29) is 42.0 Å². The van der Waals surface area contributed by atoms with E-state index in [1.807, 2.05) is 12.1 Å². The summed E-state index contributed by atoms with van der Waals surface area (Å²) in [4.78, 5) is 2.35. The molecule has 0 radical (unpaired) electrons. The van der Waals surface area contributed by atoms with Crippen molar-refractivity contribution in [2.24, 2.45) is 5.41 Å². The molecule has 1 aromatic rings. The fraction of sp³-hybridized carbons (Fsp3) is 0.625. The molecule has 0 aliphatic carbocycles. The van der Waals surface area contributed by atoms with Crippen molar-refractivity contribution in [3.05, 3.63) is 29.8 Å². The Kier molecular flexibility index (Phi) is 9.36. The number of ether oxygens (including phenoxy) is 1. The van der Waals surface area contributed by atoms with E-state index in [4.69, 9.17) is 4.74 Å². The van der Waals surface area contributed by atoms with Crippen LogP contribution in [0, 0.1) is 5.41 Å². The minimum absolute atomic E-state index is 0. The van der Waals surface area contributed by atoms with Gasteiger partial charge in [0.2, 0.25) is 0 Å². The highest BCUT2D eigenvalue weighted by atomic mass is 35.5. The van der Waals surface area contributed by atoms with Crippen LogP contribution in [-0.2, 0) is 0 Å². The second kappa shape index (κ2) is 9.62. The Bertz CT molecular complexity index is 464. The van der Waals surface area contributed by atoms with Crippen molar-refractivity contribution in [3.8, 4) is 5.75 Å². The molecule has 0 aromatic heterocycles. The molecule has 0 bridgehead atoms. The van der Waals surface area contributed by atoms with Crippen molar-refractivity contribution in [1.29, 1.82) is 0 Å². The summed E-state index contributed by atoms with van der Waals surface area (Å²) in [5.74, 6) is 0.283. The van der Waals surface area contributed by atoms with Gasteiger partial charge >= 0.3 is 6.61 Å². The van der Waals surface area contributed by atoms with E-state index >= 15 is 0 Å². The molecule has 1 saturated heterocycles. The fourth-order valence-electron chi connectivity index (χ4n) is 3.06. The number of hydrogen-bond acceptors (Lipinski definition) is 3. The Morgan fingerprint density at radius 3 is 2.17 bits per heavy atom. The third-order valence-corrected chi connectivity index (χ3v) is 3.77. The zero-order valence-electron chi connectivity index (χ0n) is 13.7. The van der Waals surface area contributed by atoms with Gasteiger partial charge in [-0.2, -0.15) is 8.78 Å². The zero-order chi connectivity index (χ0) is 15.5. The lowest BCUT2D eigenvalue weighted by Gasteiger charge is -2.43. The summed E-state index contributed by atoms with van der Waals surface area (Å²) in [5.41, 5.74) is 0.769. The first-order valence-corrected chi connectivity index (χ1v) is 7.38. The molecule has 0 amide bonds. The van der Waals surface area contributed by atoms with Crippen molar-refractivity contribution < 1.29 is 13.5 Å². The van der Waals surface area contributed by atoms with Gasteiger partial charge in [0.25, 0.3) is 0 Å². The first-order valence-electron chi connectivity index (χ1n) is 7.38. The maximum atomic E-state index is 12.7. The predicted octanol–water partition coefficient (Wildman–Crippen LogP) is 4.12. The number of piperazine rings is 1. The van der Waals surface area contributed by atoms with Crippen LogP contribution in [0.15, 0.2) is 24.3 Å². The summed E-state index contributed by atoms with van der Waals surface area (Å²) in [7, 11) is 0. The van der Waals surface area contributed by atoms with Crippen LogP contribution in [0.2, 0.25) is 0 Å². The smallest absolute Gasteiger partial charge is 0.387 e. The van der Waals surface area contributed by atoms with Gasteiger partial charge in [0.1, 0.15) is 5.75 Å². The quantitative estimate of drug-likeness (QED) is 0.862. The minimum Gasteiger partial charge on any atom is -0.434 e. The number of halogens is 4. The second-order valence-corrected chi connectivity index (χ2v) is 6.47. The topological polar surface area (TPSA) is 24.5 Å². The van der Waals surface area contributed by atoms with Crippen molar-refractivity contribution >= 4 is 24.8 Å². The standard InChI is InChI=1S/C16H24F2N2O.2ClH/c1-16(2,3)14(20-10-8-19-9-11-20)12-6-4-5-7-13(12)21-15(17)18;;/h4-7,14-15,19H,8-11H2,1-3H3;2*1H/t14-;;/m1../s1. The van der Waals surface area contributed by atoms with Crippen LogP contribution < -0.4 is 10.1 Å². The van der Waals surface area contributed by atoms with E-state index in [0.717, 1.165) is 31.7 Å². The molecular formula is C16H26Cl2F2N2O. The Balaban J connectivity index is 0.00000242. The van der Waals surface area contributed by atoms with Crippen LogP contribution in [-0.4, -0.2) is 37.7 Å². The maximum absolute atomic E-state index is 12.7. The van der Waals surface area contributed by atoms with Gasteiger partial charge in [-0.25, -0.2) is 0 Å². The van der Waals surface area contributed by atoms with E-state index in [0.29, 0.717) is 0 Å². The molecule has 1 N–H and O–H groups in total. The minimum atomic E-state index is -2.80. The first kappa shape index (κ1) is 22.4. The number of rotatable bonds is 4. The molecule has 0 unspecified atom stereocenters. The Hall–Kier alpha value is -0.620. The van der Waals surface area contributed by atoms with Crippen LogP contribution in [0.3, 0.4) is 0 Å². The van der Waals surface area contributed by atoms with Crippen LogP contribution in [0.25, 0.3) is 0 Å². The molecule has 7 heteroatoms. The lowest BCUT2D eigenvalue weighted by molar-refractivity contribution is -0.0522. The third-order valence-electron chi connectivity index (χ3n) is 3.77. The van der Waals surface area contributed by atoms with E-state index < -0.39 is 6.61 Å². The predicted molar refractivity (Wildman–Crippen MR) is 94.2 cm³/mol. The van der Waals surface area contributed by atoms with Crippen LogP contribution in [0.4, 0.5) is 8.78 Å². The van der Waals surface area contributed by atoms with Gasteiger partial charge < -0.3 is 10.1 Å². The molecular weight excluding hydrogens is 345 g/mol. The van der Waals surface area contributed by atoms with Gasteiger partial charge in [-0.15, -0.1) is 24.8 Å². The Morgan fingerprint density at radius 1 is 1.09 bits per heavy atom. The van der Waals surface area contributed by atoms with Gasteiger partial charge in [0, 0.05) is 37.8 Å². The fourth-order valence-corrected chi connectivity index (χ4v) is 3.06. The largest absolute Gasteiger partial charge is 0.434 e. The normalized spacial score (nSPS) is 17.1. The van der Waals surface area contributed by atoms with E-state index in [1.54, 1.807) is 12.1 Å². The van der Waals surface area contributed by atoms with Crippen molar-refractivity contribution in [2.45, 2.75) is 33.4 Å². The van der Waals surface area contributed by atoms with Gasteiger partial charge in [0.05, 0.1) is 0 Å².